The quantitative estimate of drug-likeness (QED) is 0.546. The summed E-state index contributed by atoms with van der Waals surface area (Å²) in [5.74, 6) is 0. The maximum Gasteiger partial charge on any atom is 0.449 e. The molecule has 1 unspecified atom stereocenters. The van der Waals surface area contributed by atoms with Crippen LogP contribution in [0.25, 0.3) is 0 Å². The van der Waals surface area contributed by atoms with E-state index in [1.54, 1.807) is 0 Å². The first-order chi connectivity index (χ1) is 3.71. The predicted octanol–water partition coefficient (Wildman–Crippen LogP) is 0.716. The van der Waals surface area contributed by atoms with E-state index in [0.717, 1.165) is 0 Å². The van der Waals surface area contributed by atoms with Crippen LogP contribution in [0.15, 0.2) is 0 Å². The molecule has 3 N–H and O–H groups in total. The maximum atomic E-state index is 11.3. The van der Waals surface area contributed by atoms with Crippen LogP contribution in [-0.4, -0.2) is 9.79 Å². The molecule has 9 heavy (non-hydrogen) atoms. The molecular weight excluding hydrogens is 178 g/mol. The molecule has 0 radical (unpaired) electrons. The first-order valence-electron chi connectivity index (χ1n) is 1.55. The summed E-state index contributed by atoms with van der Waals surface area (Å²) in [7, 11) is -10.9. The van der Waals surface area contributed by atoms with Gasteiger partial charge in [0, 0.05) is 0 Å². The highest BCUT2D eigenvalue weighted by atomic mass is 31.3. The van der Waals surface area contributed by atoms with Crippen molar-refractivity contribution in [1.29, 1.82) is 0 Å². The molecule has 0 spiro atoms. The lowest BCUT2D eigenvalue weighted by atomic mass is 13.9. The summed E-state index contributed by atoms with van der Waals surface area (Å²) in [6.45, 7) is 0. The van der Waals surface area contributed by atoms with Crippen LogP contribution in [-0.2, 0) is 9.13 Å². The van der Waals surface area contributed by atoms with E-state index in [9.17, 15) is 17.5 Å². The van der Waals surface area contributed by atoms with Gasteiger partial charge in [0.15, 0.2) is 0 Å². The Morgan fingerprint density at radius 2 is 1.33 bits per heavy atom. The van der Waals surface area contributed by atoms with Crippen molar-refractivity contribution in [3.05, 3.63) is 0 Å². The summed E-state index contributed by atoms with van der Waals surface area (Å²) in [6, 6.07) is 0. The highest BCUT2D eigenvalue weighted by Gasteiger charge is 2.28. The smallest absolute Gasteiger partial charge is 0.309 e. The van der Waals surface area contributed by atoms with Crippen molar-refractivity contribution in [2.45, 2.75) is 0 Å². The van der Waals surface area contributed by atoms with Crippen molar-refractivity contribution in [3.8, 4) is 0 Å². The van der Waals surface area contributed by atoms with E-state index >= 15 is 0 Å². The van der Waals surface area contributed by atoms with Crippen molar-refractivity contribution < 1.29 is 27.3 Å². The molecule has 2 atom stereocenters. The summed E-state index contributed by atoms with van der Waals surface area (Å²) in [5, 5.41) is 0. The van der Waals surface area contributed by atoms with E-state index in [2.05, 4.69) is 0 Å². The van der Waals surface area contributed by atoms with Gasteiger partial charge in [-0.2, -0.15) is 0 Å². The molecule has 0 aromatic heterocycles. The average Bonchev–Trinajstić information content (AvgIpc) is 1.14. The van der Waals surface area contributed by atoms with Gasteiger partial charge >= 0.3 is 15.7 Å². The van der Waals surface area contributed by atoms with Crippen molar-refractivity contribution in [2.75, 3.05) is 0 Å². The van der Waals surface area contributed by atoms with Crippen LogP contribution >= 0.6 is 15.7 Å². The van der Waals surface area contributed by atoms with Gasteiger partial charge in [-0.25, -0.2) is 9.13 Å². The summed E-state index contributed by atoms with van der Waals surface area (Å²) in [6.07, 6.45) is 0. The van der Waals surface area contributed by atoms with Gasteiger partial charge in [0.05, 0.1) is 0 Å². The third-order valence-corrected chi connectivity index (χ3v) is 2.22. The van der Waals surface area contributed by atoms with E-state index in [-0.39, 0.29) is 0 Å². The van der Waals surface area contributed by atoms with E-state index < -0.39 is 15.7 Å². The normalized spacial score (nSPS) is 24.4. The SMILES string of the molecule is O=P(O)(F)N[P@](=O)(O)F. The lowest BCUT2D eigenvalue weighted by molar-refractivity contribution is 0.396. The molecule has 9 heteroatoms. The third-order valence-electron chi connectivity index (χ3n) is 0.247. The lowest BCUT2D eigenvalue weighted by Gasteiger charge is -2.01. The van der Waals surface area contributed by atoms with Crippen LogP contribution in [0.5, 0.6) is 0 Å². The molecule has 0 rings (SSSR count). The Morgan fingerprint density at radius 3 is 1.33 bits per heavy atom. The van der Waals surface area contributed by atoms with E-state index in [1.807, 2.05) is 0 Å². The molecule has 0 heterocycles. The largest absolute Gasteiger partial charge is 0.449 e. The highest BCUT2D eigenvalue weighted by molar-refractivity contribution is 7.66. The lowest BCUT2D eigenvalue weighted by Crippen LogP contribution is -1.98. The number of rotatable bonds is 2. The molecular formula is H3F2NO4P2. The minimum Gasteiger partial charge on any atom is -0.309 e. The zero-order valence-electron chi connectivity index (χ0n) is 3.86. The monoisotopic (exact) mass is 181 g/mol. The number of hydrogen-bond donors (Lipinski definition) is 3. The van der Waals surface area contributed by atoms with Gasteiger partial charge in [-0.3, -0.25) is 0 Å². The Morgan fingerprint density at radius 1 is 1.11 bits per heavy atom. The molecule has 0 aliphatic heterocycles. The standard InChI is InChI=1S/F2H3NO4P2/c1-8(4,5)3-9(2,6)7/h(H3,3,4,5,6,7). The predicted molar refractivity (Wildman–Crippen MR) is 25.0 cm³/mol. The fraction of sp³-hybridized carbons (Fsp3) is 0. The van der Waals surface area contributed by atoms with Crippen molar-refractivity contribution >= 4 is 15.7 Å². The van der Waals surface area contributed by atoms with Gasteiger partial charge in [-0.15, -0.1) is 13.3 Å². The van der Waals surface area contributed by atoms with Crippen LogP contribution in [0.3, 0.4) is 0 Å². The Hall–Kier alpha value is 0.200. The van der Waals surface area contributed by atoms with E-state index in [1.165, 1.54) is 0 Å². The average molecular weight is 181 g/mol. The number of nitrogens with one attached hydrogen (secondary N) is 1. The van der Waals surface area contributed by atoms with Crippen molar-refractivity contribution in [1.82, 2.24) is 4.86 Å². The van der Waals surface area contributed by atoms with Crippen LogP contribution < -0.4 is 4.86 Å². The second-order valence-corrected chi connectivity index (χ2v) is 3.91. The highest BCUT2D eigenvalue weighted by Crippen LogP contribution is 2.51. The molecule has 0 bridgehead atoms. The molecule has 0 aliphatic carbocycles. The molecule has 0 aromatic carbocycles. The van der Waals surface area contributed by atoms with E-state index in [4.69, 9.17) is 9.79 Å². The van der Waals surface area contributed by atoms with Gasteiger partial charge in [-0.05, 0) is 0 Å². The van der Waals surface area contributed by atoms with Gasteiger partial charge in [0.2, 0.25) is 0 Å². The van der Waals surface area contributed by atoms with Crippen molar-refractivity contribution in [2.24, 2.45) is 0 Å². The van der Waals surface area contributed by atoms with Crippen LogP contribution in [0, 0.1) is 0 Å². The van der Waals surface area contributed by atoms with Crippen LogP contribution in [0.4, 0.5) is 8.39 Å². The number of halogens is 2. The molecule has 0 aliphatic rings. The topological polar surface area (TPSA) is 86.6 Å². The first kappa shape index (κ1) is 9.20. The van der Waals surface area contributed by atoms with Gasteiger partial charge in [-0.1, -0.05) is 0 Å². The van der Waals surface area contributed by atoms with Crippen LogP contribution in [0.2, 0.25) is 0 Å². The first-order valence-corrected chi connectivity index (χ1v) is 4.65. The third kappa shape index (κ3) is 8.20. The maximum absolute atomic E-state index is 11.3. The molecule has 0 saturated carbocycles. The Bertz CT molecular complexity index is 157. The fourth-order valence-corrected chi connectivity index (χ4v) is 1.37. The summed E-state index contributed by atoms with van der Waals surface area (Å²) in [5.41, 5.74) is 0. The summed E-state index contributed by atoms with van der Waals surface area (Å²) >= 11 is 0. The van der Waals surface area contributed by atoms with Crippen molar-refractivity contribution in [3.63, 3.8) is 0 Å². The Kier molecular flexibility index (Phi) is 2.49. The molecule has 0 fully saturated rings. The minimum atomic E-state index is -5.43. The number of hydrogen-bond acceptors (Lipinski definition) is 2. The second-order valence-electron chi connectivity index (χ2n) is 1.10. The molecule has 0 saturated heterocycles. The zero-order chi connectivity index (χ0) is 7.71. The fourth-order valence-electron chi connectivity index (χ4n) is 0.152. The summed E-state index contributed by atoms with van der Waals surface area (Å²) in [4.78, 5) is 15.5. The Labute approximate surface area is 49.0 Å². The minimum absolute atomic E-state index is 0.347. The molecule has 0 aromatic rings. The Balaban J connectivity index is 4.07. The zero-order valence-corrected chi connectivity index (χ0v) is 5.65. The van der Waals surface area contributed by atoms with E-state index in [0.29, 0.717) is 4.86 Å². The van der Waals surface area contributed by atoms with Gasteiger partial charge in [0.25, 0.3) is 0 Å². The van der Waals surface area contributed by atoms with Gasteiger partial charge in [0.1, 0.15) is 0 Å². The van der Waals surface area contributed by atoms with Gasteiger partial charge < -0.3 is 9.79 Å². The molecule has 5 nitrogen and oxygen atoms in total. The molecule has 56 valence electrons. The molecule has 0 amide bonds. The second kappa shape index (κ2) is 2.44. The summed E-state index contributed by atoms with van der Waals surface area (Å²) < 4.78 is 41.5. The van der Waals surface area contributed by atoms with Crippen LogP contribution in [0.1, 0.15) is 0 Å².